The van der Waals surface area contributed by atoms with Crippen LogP contribution in [0.25, 0.3) is 0 Å². The van der Waals surface area contributed by atoms with Gasteiger partial charge >= 0.3 is 19.8 Å². The van der Waals surface area contributed by atoms with Crippen LogP contribution in [0, 0.1) is 0 Å². The van der Waals surface area contributed by atoms with Crippen LogP contribution in [-0.2, 0) is 32.7 Å². The predicted octanol–water partition coefficient (Wildman–Crippen LogP) is 9.28. The van der Waals surface area contributed by atoms with Crippen LogP contribution in [0.5, 0.6) is 0 Å². The number of aliphatic hydroxyl groups excluding tert-OH is 5. The molecule has 6 atom stereocenters. The lowest BCUT2D eigenvalue weighted by Gasteiger charge is -2.41. The Hall–Kier alpha value is -1.15. The first-order chi connectivity index (χ1) is 28.4. The maximum absolute atomic E-state index is 12.8. The van der Waals surface area contributed by atoms with Crippen molar-refractivity contribution in [1.82, 2.24) is 0 Å². The Morgan fingerprint density at radius 2 is 0.763 bits per heavy atom. The number of rotatable bonds is 40. The molecule has 14 heteroatoms. The Labute approximate surface area is 357 Å². The van der Waals surface area contributed by atoms with E-state index in [0.29, 0.717) is 12.8 Å². The molecule has 1 rings (SSSR count). The van der Waals surface area contributed by atoms with Gasteiger partial charge in [-0.3, -0.25) is 18.6 Å². The number of carbonyl (C=O) groups excluding carboxylic acids is 2. The molecule has 1 aliphatic rings. The van der Waals surface area contributed by atoms with Gasteiger partial charge < -0.3 is 39.9 Å². The van der Waals surface area contributed by atoms with Gasteiger partial charge in [-0.1, -0.05) is 194 Å². The third-order valence-corrected chi connectivity index (χ3v) is 12.4. The van der Waals surface area contributed by atoms with E-state index in [0.717, 1.165) is 38.5 Å². The van der Waals surface area contributed by atoms with Crippen molar-refractivity contribution in [2.45, 2.75) is 262 Å². The SMILES string of the molecule is CCCCCCCCCCCCCCCCCCCC(=O)OCC(COP(=O)(O)OC1C(O)C(O)C(O)C(O)C1O)OC(=O)CCCCCCCCCCCCCCC. The first-order valence-corrected chi connectivity index (χ1v) is 25.3. The molecule has 1 fully saturated rings. The number of carbonyl (C=O) groups is 2. The molecule has 350 valence electrons. The second kappa shape index (κ2) is 36.3. The van der Waals surface area contributed by atoms with Crippen LogP contribution in [0.15, 0.2) is 0 Å². The minimum absolute atomic E-state index is 0.104. The van der Waals surface area contributed by atoms with E-state index in [9.17, 15) is 44.6 Å². The molecule has 0 radical (unpaired) electrons. The lowest BCUT2D eigenvalue weighted by atomic mass is 9.85. The van der Waals surface area contributed by atoms with Gasteiger partial charge in [-0.2, -0.15) is 0 Å². The van der Waals surface area contributed by atoms with Gasteiger partial charge in [0, 0.05) is 12.8 Å². The van der Waals surface area contributed by atoms with E-state index in [-0.39, 0.29) is 12.8 Å². The minimum atomic E-state index is -5.11. The van der Waals surface area contributed by atoms with Crippen molar-refractivity contribution in [2.75, 3.05) is 13.2 Å². The first kappa shape index (κ1) is 55.9. The summed E-state index contributed by atoms with van der Waals surface area (Å²) in [6, 6.07) is 0. The molecule has 0 amide bonds. The van der Waals surface area contributed by atoms with E-state index in [4.69, 9.17) is 18.5 Å². The number of aliphatic hydroxyl groups is 5. The highest BCUT2D eigenvalue weighted by atomic mass is 31.2. The van der Waals surface area contributed by atoms with Crippen molar-refractivity contribution in [1.29, 1.82) is 0 Å². The Morgan fingerprint density at radius 1 is 0.458 bits per heavy atom. The summed E-state index contributed by atoms with van der Waals surface area (Å²) in [6.07, 6.45) is 23.0. The van der Waals surface area contributed by atoms with Gasteiger partial charge in [0.15, 0.2) is 6.10 Å². The van der Waals surface area contributed by atoms with Gasteiger partial charge in [-0.05, 0) is 12.8 Å². The number of hydrogen-bond donors (Lipinski definition) is 6. The van der Waals surface area contributed by atoms with E-state index in [1.807, 2.05) is 0 Å². The zero-order valence-corrected chi connectivity index (χ0v) is 38.0. The largest absolute Gasteiger partial charge is 0.472 e. The van der Waals surface area contributed by atoms with Crippen molar-refractivity contribution in [3.63, 3.8) is 0 Å². The summed E-state index contributed by atoms with van der Waals surface area (Å²) in [4.78, 5) is 35.7. The molecule has 0 aliphatic heterocycles. The van der Waals surface area contributed by atoms with Gasteiger partial charge in [0.2, 0.25) is 0 Å². The molecule has 1 saturated carbocycles. The monoisotopic (exact) mass is 867 g/mol. The van der Waals surface area contributed by atoms with E-state index >= 15 is 0 Å². The third kappa shape index (κ3) is 29.0. The number of esters is 2. The van der Waals surface area contributed by atoms with Crippen molar-refractivity contribution in [2.24, 2.45) is 0 Å². The maximum Gasteiger partial charge on any atom is 0.472 e. The Morgan fingerprint density at radius 3 is 1.12 bits per heavy atom. The van der Waals surface area contributed by atoms with Gasteiger partial charge in [-0.15, -0.1) is 0 Å². The molecule has 0 aromatic heterocycles. The smallest absolute Gasteiger partial charge is 0.462 e. The molecule has 0 bridgehead atoms. The maximum atomic E-state index is 12.8. The molecular formula is C45H87O13P. The zero-order chi connectivity index (χ0) is 43.6. The number of hydrogen-bond acceptors (Lipinski definition) is 12. The summed E-state index contributed by atoms with van der Waals surface area (Å²) in [6.45, 7) is 3.32. The molecule has 1 aliphatic carbocycles. The fraction of sp³-hybridized carbons (Fsp3) is 0.956. The van der Waals surface area contributed by atoms with E-state index in [1.165, 1.54) is 141 Å². The Bertz CT molecular complexity index is 1050. The molecule has 0 heterocycles. The summed E-state index contributed by atoms with van der Waals surface area (Å²) in [5.41, 5.74) is 0. The van der Waals surface area contributed by atoms with E-state index in [1.54, 1.807) is 0 Å². The standard InChI is InChI=1S/C45H87O13P/c1-3-5-7-9-11-13-15-17-18-19-20-22-23-25-27-29-31-33-38(46)55-35-37(36-56-59(53,54)58-45-43(51)41(49)40(48)42(50)44(45)52)57-39(47)34-32-30-28-26-24-21-16-14-12-10-8-6-4-2/h37,40-45,48-52H,3-36H2,1-2H3,(H,53,54). The molecule has 0 saturated heterocycles. The number of phosphoric ester groups is 1. The van der Waals surface area contributed by atoms with Crippen LogP contribution in [0.4, 0.5) is 0 Å². The van der Waals surface area contributed by atoms with Crippen molar-refractivity contribution >= 4 is 19.8 Å². The summed E-state index contributed by atoms with van der Waals surface area (Å²) >= 11 is 0. The highest BCUT2D eigenvalue weighted by molar-refractivity contribution is 7.47. The highest BCUT2D eigenvalue weighted by Crippen LogP contribution is 2.47. The van der Waals surface area contributed by atoms with Crippen molar-refractivity contribution < 1.29 is 63.1 Å². The van der Waals surface area contributed by atoms with Gasteiger partial charge in [0.05, 0.1) is 6.61 Å². The van der Waals surface area contributed by atoms with Crippen LogP contribution in [-0.4, -0.2) is 98.3 Å². The lowest BCUT2D eigenvalue weighted by molar-refractivity contribution is -0.220. The predicted molar refractivity (Wildman–Crippen MR) is 231 cm³/mol. The number of phosphoric acid groups is 1. The number of unbranched alkanes of at least 4 members (excludes halogenated alkanes) is 28. The summed E-state index contributed by atoms with van der Waals surface area (Å²) in [7, 11) is -5.11. The first-order valence-electron chi connectivity index (χ1n) is 23.8. The summed E-state index contributed by atoms with van der Waals surface area (Å²) in [5.74, 6) is -1.08. The van der Waals surface area contributed by atoms with Crippen molar-refractivity contribution in [3.05, 3.63) is 0 Å². The molecular weight excluding hydrogens is 779 g/mol. The van der Waals surface area contributed by atoms with Gasteiger partial charge in [-0.25, -0.2) is 4.57 Å². The van der Waals surface area contributed by atoms with Crippen LogP contribution in [0.1, 0.15) is 219 Å². The quantitative estimate of drug-likeness (QED) is 0.0193. The summed E-state index contributed by atoms with van der Waals surface area (Å²) < 4.78 is 33.5. The van der Waals surface area contributed by atoms with Gasteiger partial charge in [0.1, 0.15) is 43.2 Å². The average molecular weight is 867 g/mol. The Balaban J connectivity index is 2.41. The molecule has 0 aromatic rings. The fourth-order valence-corrected chi connectivity index (χ4v) is 8.56. The van der Waals surface area contributed by atoms with Crippen LogP contribution < -0.4 is 0 Å². The topological polar surface area (TPSA) is 210 Å². The van der Waals surface area contributed by atoms with Crippen LogP contribution in [0.3, 0.4) is 0 Å². The highest BCUT2D eigenvalue weighted by Gasteiger charge is 2.51. The zero-order valence-electron chi connectivity index (χ0n) is 37.1. The number of ether oxygens (including phenoxy) is 2. The second-order valence-corrected chi connectivity index (χ2v) is 18.4. The molecule has 0 aromatic carbocycles. The lowest BCUT2D eigenvalue weighted by Crippen LogP contribution is -2.64. The van der Waals surface area contributed by atoms with Crippen molar-refractivity contribution in [3.8, 4) is 0 Å². The van der Waals surface area contributed by atoms with Crippen LogP contribution in [0.2, 0.25) is 0 Å². The summed E-state index contributed by atoms with van der Waals surface area (Å²) in [5, 5.41) is 50.1. The third-order valence-electron chi connectivity index (χ3n) is 11.4. The average Bonchev–Trinajstić information content (AvgIpc) is 3.21. The fourth-order valence-electron chi connectivity index (χ4n) is 7.58. The minimum Gasteiger partial charge on any atom is -0.462 e. The van der Waals surface area contributed by atoms with E-state index in [2.05, 4.69) is 13.8 Å². The van der Waals surface area contributed by atoms with Crippen LogP contribution >= 0.6 is 7.82 Å². The van der Waals surface area contributed by atoms with E-state index < -0.39 is 75.7 Å². The Kier molecular flexibility index (Phi) is 34.4. The molecule has 59 heavy (non-hydrogen) atoms. The molecule has 6 N–H and O–H groups in total. The molecule has 13 nitrogen and oxygen atoms in total. The normalized spacial score (nSPS) is 22.2. The van der Waals surface area contributed by atoms with Gasteiger partial charge in [0.25, 0.3) is 0 Å². The second-order valence-electron chi connectivity index (χ2n) is 17.0. The molecule has 0 spiro atoms. The molecule has 6 unspecified atom stereocenters.